The number of thiophene rings is 2. The highest BCUT2D eigenvalue weighted by molar-refractivity contribution is 7.11. The molecule has 0 unspecified atom stereocenters. The van der Waals surface area contributed by atoms with Gasteiger partial charge in [-0.3, -0.25) is 9.97 Å². The third kappa shape index (κ3) is 4.23. The average molecular weight is 373 g/mol. The minimum Gasteiger partial charge on any atom is -0.254 e. The van der Waals surface area contributed by atoms with E-state index in [0.29, 0.717) is 0 Å². The van der Waals surface area contributed by atoms with E-state index < -0.39 is 0 Å². The van der Waals surface area contributed by atoms with E-state index in [1.807, 2.05) is 24.5 Å². The monoisotopic (exact) mass is 372 g/mol. The third-order valence-electron chi connectivity index (χ3n) is 3.80. The molecule has 0 saturated carbocycles. The lowest BCUT2D eigenvalue weighted by atomic mass is 10.1. The fourth-order valence-electron chi connectivity index (χ4n) is 2.44. The molecule has 0 radical (unpaired) electrons. The van der Waals surface area contributed by atoms with Gasteiger partial charge in [-0.1, -0.05) is 36.4 Å². The van der Waals surface area contributed by atoms with Crippen molar-refractivity contribution in [2.75, 3.05) is 0 Å². The van der Waals surface area contributed by atoms with Crippen LogP contribution in [0.25, 0.3) is 35.7 Å². The summed E-state index contributed by atoms with van der Waals surface area (Å²) in [7, 11) is 0. The summed E-state index contributed by atoms with van der Waals surface area (Å²) in [5.74, 6) is 0. The Kier molecular flexibility index (Phi) is 5.14. The van der Waals surface area contributed by atoms with Gasteiger partial charge in [-0.25, -0.2) is 0 Å². The summed E-state index contributed by atoms with van der Waals surface area (Å²) in [4.78, 5) is 11.6. The number of pyridine rings is 2. The SMILES string of the molecule is C(=Cc1cccs1)c1ccc(-c2ccc(/C=C/c3cccs3)cn2)nc1. The molecule has 0 aliphatic carbocycles. The van der Waals surface area contributed by atoms with Crippen LogP contribution in [0.5, 0.6) is 0 Å². The Morgan fingerprint density at radius 3 is 1.42 bits per heavy atom. The van der Waals surface area contributed by atoms with Crippen LogP contribution in [0.15, 0.2) is 71.7 Å². The molecular formula is C22H16N2S2. The van der Waals surface area contributed by atoms with Crippen molar-refractivity contribution >= 4 is 47.0 Å². The maximum atomic E-state index is 4.54. The summed E-state index contributed by atoms with van der Waals surface area (Å²) in [6.07, 6.45) is 12.1. The van der Waals surface area contributed by atoms with E-state index in [4.69, 9.17) is 0 Å². The van der Waals surface area contributed by atoms with E-state index in [-0.39, 0.29) is 0 Å². The lowest BCUT2D eigenvalue weighted by Crippen LogP contribution is -1.88. The fraction of sp³-hybridized carbons (Fsp3) is 0. The van der Waals surface area contributed by atoms with Crippen LogP contribution in [0.2, 0.25) is 0 Å². The van der Waals surface area contributed by atoms with Gasteiger partial charge in [-0.15, -0.1) is 22.7 Å². The summed E-state index contributed by atoms with van der Waals surface area (Å²) in [6, 6.07) is 16.5. The first-order chi connectivity index (χ1) is 12.9. The molecule has 0 aliphatic rings. The Morgan fingerprint density at radius 2 is 1.08 bits per heavy atom. The molecule has 26 heavy (non-hydrogen) atoms. The van der Waals surface area contributed by atoms with Crippen LogP contribution in [0.3, 0.4) is 0 Å². The number of nitrogens with zero attached hydrogens (tertiary/aromatic N) is 2. The summed E-state index contributed by atoms with van der Waals surface area (Å²) in [6.45, 7) is 0. The summed E-state index contributed by atoms with van der Waals surface area (Å²) in [5.41, 5.74) is 3.93. The van der Waals surface area contributed by atoms with Crippen LogP contribution in [0.1, 0.15) is 20.9 Å². The number of hydrogen-bond donors (Lipinski definition) is 0. The molecule has 0 spiro atoms. The minimum atomic E-state index is 0.882. The lowest BCUT2D eigenvalue weighted by Gasteiger charge is -2.01. The molecular weight excluding hydrogens is 356 g/mol. The smallest absolute Gasteiger partial charge is 0.0886 e. The van der Waals surface area contributed by atoms with Crippen LogP contribution in [-0.2, 0) is 0 Å². The van der Waals surface area contributed by atoms with E-state index in [0.717, 1.165) is 22.5 Å². The van der Waals surface area contributed by atoms with Gasteiger partial charge in [-0.2, -0.15) is 0 Å². The van der Waals surface area contributed by atoms with Gasteiger partial charge < -0.3 is 0 Å². The van der Waals surface area contributed by atoms with Crippen LogP contribution in [-0.4, -0.2) is 9.97 Å². The molecule has 4 aromatic heterocycles. The first-order valence-corrected chi connectivity index (χ1v) is 9.98. The fourth-order valence-corrected chi connectivity index (χ4v) is 3.68. The first kappa shape index (κ1) is 16.6. The second-order valence-electron chi connectivity index (χ2n) is 5.65. The molecule has 0 bridgehead atoms. The molecule has 0 fully saturated rings. The predicted octanol–water partition coefficient (Wildman–Crippen LogP) is 6.61. The van der Waals surface area contributed by atoms with Crippen molar-refractivity contribution in [3.63, 3.8) is 0 Å². The molecule has 126 valence electrons. The Hall–Kier alpha value is -2.82. The van der Waals surface area contributed by atoms with Gasteiger partial charge in [0.2, 0.25) is 0 Å². The van der Waals surface area contributed by atoms with Crippen molar-refractivity contribution in [2.24, 2.45) is 0 Å². The topological polar surface area (TPSA) is 25.8 Å². The number of aromatic nitrogens is 2. The van der Waals surface area contributed by atoms with Crippen LogP contribution >= 0.6 is 22.7 Å². The second kappa shape index (κ2) is 8.04. The van der Waals surface area contributed by atoms with Crippen molar-refractivity contribution in [2.45, 2.75) is 0 Å². The number of hydrogen-bond acceptors (Lipinski definition) is 4. The Labute approximate surface area is 160 Å². The highest BCUT2D eigenvalue weighted by Crippen LogP contribution is 2.18. The van der Waals surface area contributed by atoms with Crippen LogP contribution in [0.4, 0.5) is 0 Å². The van der Waals surface area contributed by atoms with E-state index in [1.54, 1.807) is 22.7 Å². The van der Waals surface area contributed by atoms with Crippen LogP contribution < -0.4 is 0 Å². The van der Waals surface area contributed by atoms with Gasteiger partial charge >= 0.3 is 0 Å². The van der Waals surface area contributed by atoms with Crippen LogP contribution in [0, 0.1) is 0 Å². The summed E-state index contributed by atoms with van der Waals surface area (Å²) >= 11 is 3.45. The standard InChI is InChI=1S/C22H16N2S2/c1-3-19(25-13-1)9-5-17-7-11-21(23-15-17)22-12-8-18(16-24-22)6-10-20-4-2-14-26-20/h1-16H/b9-5+,10-6?. The zero-order chi connectivity index (χ0) is 17.6. The Morgan fingerprint density at radius 1 is 0.577 bits per heavy atom. The minimum absolute atomic E-state index is 0.882. The van der Waals surface area contributed by atoms with Gasteiger partial charge in [0, 0.05) is 22.1 Å². The van der Waals surface area contributed by atoms with Gasteiger partial charge in [0.1, 0.15) is 0 Å². The zero-order valence-electron chi connectivity index (χ0n) is 13.9. The third-order valence-corrected chi connectivity index (χ3v) is 5.48. The quantitative estimate of drug-likeness (QED) is 0.394. The van der Waals surface area contributed by atoms with Gasteiger partial charge in [0.15, 0.2) is 0 Å². The predicted molar refractivity (Wildman–Crippen MR) is 114 cm³/mol. The molecule has 0 amide bonds. The lowest BCUT2D eigenvalue weighted by molar-refractivity contribution is 1.24. The summed E-state index contributed by atoms with van der Waals surface area (Å²) in [5, 5.41) is 4.15. The van der Waals surface area contributed by atoms with Gasteiger partial charge in [-0.05, 0) is 58.3 Å². The van der Waals surface area contributed by atoms with E-state index in [9.17, 15) is 0 Å². The molecule has 0 aromatic carbocycles. The van der Waals surface area contributed by atoms with Crippen molar-refractivity contribution in [1.29, 1.82) is 0 Å². The van der Waals surface area contributed by atoms with Gasteiger partial charge in [0.05, 0.1) is 11.4 Å². The van der Waals surface area contributed by atoms with E-state index in [1.165, 1.54) is 9.75 Å². The van der Waals surface area contributed by atoms with Crippen molar-refractivity contribution in [1.82, 2.24) is 9.97 Å². The second-order valence-corrected chi connectivity index (χ2v) is 7.61. The normalized spacial score (nSPS) is 11.5. The molecule has 0 saturated heterocycles. The zero-order valence-corrected chi connectivity index (χ0v) is 15.6. The maximum absolute atomic E-state index is 4.54. The molecule has 2 nitrogen and oxygen atoms in total. The Bertz CT molecular complexity index is 909. The Balaban J connectivity index is 1.45. The van der Waals surface area contributed by atoms with E-state index in [2.05, 4.69) is 81.4 Å². The highest BCUT2D eigenvalue weighted by atomic mass is 32.1. The molecule has 4 rings (SSSR count). The molecule has 4 heterocycles. The molecule has 0 atom stereocenters. The molecule has 4 heteroatoms. The highest BCUT2D eigenvalue weighted by Gasteiger charge is 2.00. The molecule has 4 aromatic rings. The first-order valence-electron chi connectivity index (χ1n) is 8.22. The van der Waals surface area contributed by atoms with Gasteiger partial charge in [0.25, 0.3) is 0 Å². The van der Waals surface area contributed by atoms with E-state index >= 15 is 0 Å². The summed E-state index contributed by atoms with van der Waals surface area (Å²) < 4.78 is 0. The van der Waals surface area contributed by atoms with Crippen molar-refractivity contribution in [3.8, 4) is 11.4 Å². The average Bonchev–Trinajstić information content (AvgIpc) is 3.40. The largest absolute Gasteiger partial charge is 0.254 e. The maximum Gasteiger partial charge on any atom is 0.0886 e. The molecule has 0 N–H and O–H groups in total. The van der Waals surface area contributed by atoms with Crippen molar-refractivity contribution in [3.05, 3.63) is 92.6 Å². The number of rotatable bonds is 5. The molecule has 0 aliphatic heterocycles. The van der Waals surface area contributed by atoms with Crippen molar-refractivity contribution < 1.29 is 0 Å².